The maximum absolute atomic E-state index is 13.7. The van der Waals surface area contributed by atoms with Gasteiger partial charge in [-0.15, -0.1) is 0 Å². The number of carbonyl (C=O) groups is 2. The standard InChI is InChI=1S/C16H11F4N3O2/c17-9-5-4-8(6-11(9)19)13-7-21-15(24)23(13)16(25)22-12-3-1-2-10(18)14(12)20/h1-6,13H,7H2,(H,21,24)(H,22,25)/t13-/m1/s1. The summed E-state index contributed by atoms with van der Waals surface area (Å²) in [4.78, 5) is 24.9. The second kappa shape index (κ2) is 6.42. The molecule has 0 aliphatic carbocycles. The third-order valence-electron chi connectivity index (χ3n) is 3.72. The zero-order valence-electron chi connectivity index (χ0n) is 12.5. The average molecular weight is 353 g/mol. The number of amides is 4. The number of anilines is 1. The highest BCUT2D eigenvalue weighted by Crippen LogP contribution is 2.27. The summed E-state index contributed by atoms with van der Waals surface area (Å²) in [6.07, 6.45) is 0. The van der Waals surface area contributed by atoms with Crippen molar-refractivity contribution in [1.29, 1.82) is 0 Å². The third kappa shape index (κ3) is 3.12. The van der Waals surface area contributed by atoms with Gasteiger partial charge in [-0.2, -0.15) is 0 Å². The summed E-state index contributed by atoms with van der Waals surface area (Å²) < 4.78 is 53.3. The van der Waals surface area contributed by atoms with E-state index in [2.05, 4.69) is 10.6 Å². The summed E-state index contributed by atoms with van der Waals surface area (Å²) in [5.41, 5.74) is -0.277. The summed E-state index contributed by atoms with van der Waals surface area (Å²) >= 11 is 0. The van der Waals surface area contributed by atoms with Gasteiger partial charge in [0.1, 0.15) is 0 Å². The van der Waals surface area contributed by atoms with E-state index in [0.717, 1.165) is 24.3 Å². The van der Waals surface area contributed by atoms with E-state index in [-0.39, 0.29) is 12.1 Å². The van der Waals surface area contributed by atoms with Gasteiger partial charge in [-0.1, -0.05) is 12.1 Å². The molecule has 0 saturated carbocycles. The lowest BCUT2D eigenvalue weighted by Crippen LogP contribution is -2.39. The first-order chi connectivity index (χ1) is 11.9. The molecule has 4 amide bonds. The number of halogens is 4. The predicted octanol–water partition coefficient (Wildman–Crippen LogP) is 3.54. The fourth-order valence-electron chi connectivity index (χ4n) is 2.50. The minimum Gasteiger partial charge on any atom is -0.335 e. The summed E-state index contributed by atoms with van der Waals surface area (Å²) in [5, 5.41) is 4.48. The molecule has 3 rings (SSSR count). The molecular weight excluding hydrogens is 342 g/mol. The van der Waals surface area contributed by atoms with Crippen molar-refractivity contribution in [3.63, 3.8) is 0 Å². The van der Waals surface area contributed by atoms with Crippen molar-refractivity contribution < 1.29 is 27.2 Å². The molecule has 2 aromatic carbocycles. The van der Waals surface area contributed by atoms with Gasteiger partial charge in [-0.05, 0) is 29.8 Å². The van der Waals surface area contributed by atoms with Crippen LogP contribution in [0.15, 0.2) is 36.4 Å². The van der Waals surface area contributed by atoms with E-state index >= 15 is 0 Å². The molecule has 0 aromatic heterocycles. The molecule has 1 aliphatic heterocycles. The lowest BCUT2D eigenvalue weighted by Gasteiger charge is -2.22. The van der Waals surface area contributed by atoms with Crippen molar-refractivity contribution in [2.75, 3.05) is 11.9 Å². The number of nitrogens with one attached hydrogen (secondary N) is 2. The highest BCUT2D eigenvalue weighted by Gasteiger charge is 2.37. The topological polar surface area (TPSA) is 61.4 Å². The van der Waals surface area contributed by atoms with Crippen LogP contribution in [0.1, 0.15) is 11.6 Å². The van der Waals surface area contributed by atoms with E-state index in [1.54, 1.807) is 0 Å². The molecule has 0 bridgehead atoms. The molecule has 9 heteroatoms. The van der Waals surface area contributed by atoms with Crippen molar-refractivity contribution in [3.8, 4) is 0 Å². The van der Waals surface area contributed by atoms with Gasteiger partial charge in [0.2, 0.25) is 0 Å². The Labute approximate surface area is 139 Å². The molecule has 0 unspecified atom stereocenters. The Morgan fingerprint density at radius 1 is 1.08 bits per heavy atom. The second-order valence-corrected chi connectivity index (χ2v) is 5.28. The number of urea groups is 2. The van der Waals surface area contributed by atoms with Crippen LogP contribution >= 0.6 is 0 Å². The van der Waals surface area contributed by atoms with E-state index in [1.807, 2.05) is 0 Å². The SMILES string of the molecule is O=C1NC[C@H](c2ccc(F)c(F)c2)N1C(=O)Nc1cccc(F)c1F. The van der Waals surface area contributed by atoms with Crippen LogP contribution in [0, 0.1) is 23.3 Å². The first-order valence-electron chi connectivity index (χ1n) is 7.15. The molecule has 1 saturated heterocycles. The van der Waals surface area contributed by atoms with Crippen LogP contribution in [0.3, 0.4) is 0 Å². The normalized spacial score (nSPS) is 16.7. The van der Waals surface area contributed by atoms with Crippen LogP contribution in [0.25, 0.3) is 0 Å². The molecule has 0 spiro atoms. The van der Waals surface area contributed by atoms with Crippen LogP contribution in [0.4, 0.5) is 32.8 Å². The van der Waals surface area contributed by atoms with Gasteiger partial charge in [-0.3, -0.25) is 0 Å². The predicted molar refractivity (Wildman–Crippen MR) is 79.7 cm³/mol. The molecule has 5 nitrogen and oxygen atoms in total. The Morgan fingerprint density at radius 3 is 2.56 bits per heavy atom. The Bertz CT molecular complexity index is 859. The van der Waals surface area contributed by atoms with Gasteiger partial charge in [0.05, 0.1) is 11.7 Å². The third-order valence-corrected chi connectivity index (χ3v) is 3.72. The minimum atomic E-state index is -1.28. The fraction of sp³-hybridized carbons (Fsp3) is 0.125. The Kier molecular flexibility index (Phi) is 4.30. The molecule has 1 aliphatic rings. The molecule has 1 heterocycles. The Hall–Kier alpha value is -3.10. The first-order valence-corrected chi connectivity index (χ1v) is 7.15. The molecule has 25 heavy (non-hydrogen) atoms. The number of nitrogens with zero attached hydrogens (tertiary/aromatic N) is 1. The summed E-state index contributed by atoms with van der Waals surface area (Å²) in [5.74, 6) is -4.65. The Morgan fingerprint density at radius 2 is 1.84 bits per heavy atom. The van der Waals surface area contributed by atoms with E-state index in [0.29, 0.717) is 4.90 Å². The Balaban J connectivity index is 1.87. The zero-order chi connectivity index (χ0) is 18.1. The molecule has 0 radical (unpaired) electrons. The average Bonchev–Trinajstić information content (AvgIpc) is 2.96. The zero-order valence-corrected chi connectivity index (χ0v) is 12.5. The summed E-state index contributed by atoms with van der Waals surface area (Å²) in [6.45, 7) is -0.0387. The highest BCUT2D eigenvalue weighted by molar-refractivity contribution is 6.02. The van der Waals surface area contributed by atoms with Crippen LogP contribution < -0.4 is 10.6 Å². The molecule has 1 atom stereocenters. The number of rotatable bonds is 2. The number of carbonyl (C=O) groups excluding carboxylic acids is 2. The van der Waals surface area contributed by atoms with Crippen LogP contribution in [0.5, 0.6) is 0 Å². The van der Waals surface area contributed by atoms with Crippen molar-refractivity contribution >= 4 is 17.7 Å². The van der Waals surface area contributed by atoms with E-state index in [4.69, 9.17) is 0 Å². The largest absolute Gasteiger partial charge is 0.335 e. The van der Waals surface area contributed by atoms with Crippen molar-refractivity contribution in [2.24, 2.45) is 0 Å². The van der Waals surface area contributed by atoms with Crippen molar-refractivity contribution in [1.82, 2.24) is 10.2 Å². The van der Waals surface area contributed by atoms with E-state index in [1.165, 1.54) is 12.1 Å². The quantitative estimate of drug-likeness (QED) is 0.812. The molecule has 130 valence electrons. The number of hydrogen-bond acceptors (Lipinski definition) is 2. The number of benzene rings is 2. The van der Waals surface area contributed by atoms with Gasteiger partial charge in [0.25, 0.3) is 0 Å². The van der Waals surface area contributed by atoms with Gasteiger partial charge in [0, 0.05) is 6.54 Å². The number of imide groups is 1. The van der Waals surface area contributed by atoms with Gasteiger partial charge >= 0.3 is 12.1 Å². The second-order valence-electron chi connectivity index (χ2n) is 5.28. The molecular formula is C16H11F4N3O2. The lowest BCUT2D eigenvalue weighted by molar-refractivity contribution is 0.196. The first kappa shape index (κ1) is 16.7. The molecule has 1 fully saturated rings. The maximum atomic E-state index is 13.7. The monoisotopic (exact) mass is 353 g/mol. The number of hydrogen-bond donors (Lipinski definition) is 2. The summed E-state index contributed by atoms with van der Waals surface area (Å²) in [7, 11) is 0. The van der Waals surface area contributed by atoms with Gasteiger partial charge in [0.15, 0.2) is 23.3 Å². The van der Waals surface area contributed by atoms with E-state index in [9.17, 15) is 27.2 Å². The highest BCUT2D eigenvalue weighted by atomic mass is 19.2. The smallest absolute Gasteiger partial charge is 0.330 e. The van der Waals surface area contributed by atoms with Crippen LogP contribution in [-0.2, 0) is 0 Å². The van der Waals surface area contributed by atoms with Crippen LogP contribution in [-0.4, -0.2) is 23.5 Å². The molecule has 2 N–H and O–H groups in total. The molecule has 2 aromatic rings. The minimum absolute atomic E-state index is 0.0387. The fourth-order valence-corrected chi connectivity index (χ4v) is 2.50. The van der Waals surface area contributed by atoms with Crippen molar-refractivity contribution in [3.05, 3.63) is 65.2 Å². The summed E-state index contributed by atoms with van der Waals surface area (Å²) in [6, 6.07) is 3.38. The lowest BCUT2D eigenvalue weighted by atomic mass is 10.1. The van der Waals surface area contributed by atoms with E-state index < -0.39 is 47.1 Å². The maximum Gasteiger partial charge on any atom is 0.330 e. The van der Waals surface area contributed by atoms with Crippen LogP contribution in [0.2, 0.25) is 0 Å². The van der Waals surface area contributed by atoms with Crippen molar-refractivity contribution in [2.45, 2.75) is 6.04 Å². The van der Waals surface area contributed by atoms with Gasteiger partial charge < -0.3 is 10.6 Å². The van der Waals surface area contributed by atoms with Gasteiger partial charge in [-0.25, -0.2) is 32.1 Å².